The lowest BCUT2D eigenvalue weighted by molar-refractivity contribution is -0.138. The number of Topliss-reactive ketones (excluding diaryl/α,β-unsaturated/α-hetero) is 1. The lowest BCUT2D eigenvalue weighted by Gasteiger charge is -2.22. The first-order valence-corrected chi connectivity index (χ1v) is 7.17. The number of hydrogen-bond acceptors (Lipinski definition) is 1. The van der Waals surface area contributed by atoms with Gasteiger partial charge in [-0.2, -0.15) is 22.0 Å². The third kappa shape index (κ3) is 2.86. The molecule has 126 valence electrons. The number of fused-ring (bicyclic) bond motifs is 1. The predicted molar refractivity (Wildman–Crippen MR) is 78.7 cm³/mol. The monoisotopic (exact) mass is 341 g/mol. The first-order valence-electron chi connectivity index (χ1n) is 7.17. The van der Waals surface area contributed by atoms with E-state index in [-0.39, 0.29) is 12.1 Å². The number of ketones is 1. The van der Waals surface area contributed by atoms with E-state index in [9.17, 15) is 26.7 Å². The van der Waals surface area contributed by atoms with Gasteiger partial charge in [0.1, 0.15) is 0 Å². The van der Waals surface area contributed by atoms with Crippen LogP contribution < -0.4 is 0 Å². The number of nitrogens with zero attached hydrogens (tertiary/aromatic N) is 1. The van der Waals surface area contributed by atoms with E-state index < -0.39 is 35.4 Å². The van der Waals surface area contributed by atoms with Crippen molar-refractivity contribution in [3.05, 3.63) is 58.9 Å². The molecule has 0 radical (unpaired) electrons. The van der Waals surface area contributed by atoms with Gasteiger partial charge in [-0.15, -0.1) is 0 Å². The fraction of sp³-hybridized carbons (Fsp3) is 0.235. The minimum atomic E-state index is -4.88. The summed E-state index contributed by atoms with van der Waals surface area (Å²) in [6.07, 6.45) is -2.37. The maximum absolute atomic E-state index is 13.6. The zero-order chi connectivity index (χ0) is 17.5. The van der Waals surface area contributed by atoms with Crippen molar-refractivity contribution in [1.29, 1.82) is 0 Å². The molecule has 0 spiro atoms. The van der Waals surface area contributed by atoms with Crippen LogP contribution in [-0.2, 0) is 12.6 Å². The zero-order valence-electron chi connectivity index (χ0n) is 12.3. The molecule has 0 aliphatic heterocycles. The van der Waals surface area contributed by atoms with Gasteiger partial charge in [-0.1, -0.05) is 30.3 Å². The lowest BCUT2D eigenvalue weighted by atomic mass is 9.90. The number of aromatic nitrogens is 1. The Kier molecular flexibility index (Phi) is 3.81. The Hall–Kier alpha value is -2.44. The van der Waals surface area contributed by atoms with Crippen LogP contribution in [0.15, 0.2) is 36.5 Å². The van der Waals surface area contributed by atoms with Crippen molar-refractivity contribution < 1.29 is 26.7 Å². The van der Waals surface area contributed by atoms with Gasteiger partial charge in [0.15, 0.2) is 0 Å². The summed E-state index contributed by atoms with van der Waals surface area (Å²) in [6, 6.07) is 8.80. The van der Waals surface area contributed by atoms with Crippen molar-refractivity contribution in [2.24, 2.45) is 0 Å². The Morgan fingerprint density at radius 2 is 1.79 bits per heavy atom. The van der Waals surface area contributed by atoms with Crippen LogP contribution in [0.25, 0.3) is 12.3 Å². The summed E-state index contributed by atoms with van der Waals surface area (Å²) in [5, 5.41) is 0. The predicted octanol–water partition coefficient (Wildman–Crippen LogP) is 4.90. The number of rotatable bonds is 2. The highest BCUT2D eigenvalue weighted by molar-refractivity contribution is 6.05. The fourth-order valence-corrected chi connectivity index (χ4v) is 2.72. The van der Waals surface area contributed by atoms with Crippen molar-refractivity contribution in [3.8, 4) is 0 Å². The molecule has 3 rings (SSSR count). The summed E-state index contributed by atoms with van der Waals surface area (Å²) >= 11 is 0. The standard InChI is InChI=1S/C17H12F5NO/c18-16(19)8-6-13-14(15(16)24)12(17(20,21)22)10-23(13)9-7-11-4-2-1-3-5-11/h1-5,7,9-10H,6,8H2/b9-7+. The largest absolute Gasteiger partial charge is 0.418 e. The average molecular weight is 341 g/mol. The van der Waals surface area contributed by atoms with Gasteiger partial charge in [-0.3, -0.25) is 4.79 Å². The highest BCUT2D eigenvalue weighted by atomic mass is 19.4. The second-order valence-corrected chi connectivity index (χ2v) is 5.53. The number of alkyl halides is 5. The maximum atomic E-state index is 13.6. The van der Waals surface area contributed by atoms with Crippen LogP contribution in [0, 0.1) is 0 Å². The van der Waals surface area contributed by atoms with Crippen LogP contribution in [0.4, 0.5) is 22.0 Å². The third-order valence-corrected chi connectivity index (χ3v) is 3.91. The van der Waals surface area contributed by atoms with Crippen LogP contribution in [0.5, 0.6) is 0 Å². The van der Waals surface area contributed by atoms with Gasteiger partial charge >= 0.3 is 12.1 Å². The number of benzene rings is 1. The molecule has 0 N–H and O–H groups in total. The molecule has 0 amide bonds. The number of halogens is 5. The molecule has 1 aliphatic rings. The normalized spacial score (nSPS) is 17.3. The highest BCUT2D eigenvalue weighted by Crippen LogP contribution is 2.41. The van der Waals surface area contributed by atoms with E-state index in [0.717, 1.165) is 10.1 Å². The average Bonchev–Trinajstić information content (AvgIpc) is 2.89. The summed E-state index contributed by atoms with van der Waals surface area (Å²) in [5.74, 6) is -5.52. The van der Waals surface area contributed by atoms with Crippen molar-refractivity contribution in [2.75, 3.05) is 0 Å². The Morgan fingerprint density at radius 1 is 1.12 bits per heavy atom. The second-order valence-electron chi connectivity index (χ2n) is 5.53. The SMILES string of the molecule is O=C1c2c(C(F)(F)F)cn(/C=C/c3ccccc3)c2CCC1(F)F. The van der Waals surface area contributed by atoms with E-state index in [1.54, 1.807) is 36.4 Å². The van der Waals surface area contributed by atoms with E-state index in [0.29, 0.717) is 6.20 Å². The molecule has 0 saturated heterocycles. The Morgan fingerprint density at radius 3 is 2.42 bits per heavy atom. The first kappa shape index (κ1) is 16.4. The summed E-state index contributed by atoms with van der Waals surface area (Å²) < 4.78 is 67.7. The Balaban J connectivity index is 2.10. The summed E-state index contributed by atoms with van der Waals surface area (Å²) in [6.45, 7) is 0. The molecule has 2 aromatic rings. The zero-order valence-corrected chi connectivity index (χ0v) is 12.3. The highest BCUT2D eigenvalue weighted by Gasteiger charge is 2.49. The van der Waals surface area contributed by atoms with Crippen LogP contribution >= 0.6 is 0 Å². The summed E-state index contributed by atoms with van der Waals surface area (Å²) in [7, 11) is 0. The van der Waals surface area contributed by atoms with Gasteiger partial charge in [0.2, 0.25) is 5.78 Å². The molecule has 24 heavy (non-hydrogen) atoms. The van der Waals surface area contributed by atoms with Crippen molar-refractivity contribution in [1.82, 2.24) is 4.57 Å². The summed E-state index contributed by atoms with van der Waals surface area (Å²) in [5.41, 5.74) is -1.54. The molecule has 1 aliphatic carbocycles. The molecular weight excluding hydrogens is 329 g/mol. The summed E-state index contributed by atoms with van der Waals surface area (Å²) in [4.78, 5) is 11.8. The maximum Gasteiger partial charge on any atom is 0.418 e. The lowest BCUT2D eigenvalue weighted by Crippen LogP contribution is -2.35. The smallest absolute Gasteiger partial charge is 0.326 e. The van der Waals surface area contributed by atoms with Crippen molar-refractivity contribution in [3.63, 3.8) is 0 Å². The molecule has 0 fully saturated rings. The van der Waals surface area contributed by atoms with Crippen LogP contribution in [-0.4, -0.2) is 16.3 Å². The number of carbonyl (C=O) groups excluding carboxylic acids is 1. The van der Waals surface area contributed by atoms with E-state index in [4.69, 9.17) is 0 Å². The van der Waals surface area contributed by atoms with Gasteiger partial charge in [-0.25, -0.2) is 0 Å². The third-order valence-electron chi connectivity index (χ3n) is 3.91. The molecule has 0 bridgehead atoms. The van der Waals surface area contributed by atoms with Crippen LogP contribution in [0.2, 0.25) is 0 Å². The molecule has 0 atom stereocenters. The molecule has 0 saturated carbocycles. The minimum Gasteiger partial charge on any atom is -0.326 e. The Labute approximate surface area is 134 Å². The van der Waals surface area contributed by atoms with Crippen LogP contribution in [0.1, 0.15) is 33.6 Å². The molecule has 1 heterocycles. The van der Waals surface area contributed by atoms with E-state index in [2.05, 4.69) is 0 Å². The topological polar surface area (TPSA) is 22.0 Å². The van der Waals surface area contributed by atoms with Gasteiger partial charge in [0.05, 0.1) is 11.1 Å². The van der Waals surface area contributed by atoms with E-state index in [1.165, 1.54) is 6.20 Å². The molecule has 1 aromatic heterocycles. The number of carbonyl (C=O) groups is 1. The Bertz CT molecular complexity index is 802. The van der Waals surface area contributed by atoms with Crippen molar-refractivity contribution in [2.45, 2.75) is 24.9 Å². The van der Waals surface area contributed by atoms with Gasteiger partial charge in [0, 0.05) is 24.5 Å². The molecule has 1 aromatic carbocycles. The van der Waals surface area contributed by atoms with Gasteiger partial charge in [0.25, 0.3) is 0 Å². The quantitative estimate of drug-likeness (QED) is 0.712. The minimum absolute atomic E-state index is 0.0366. The molecule has 2 nitrogen and oxygen atoms in total. The van der Waals surface area contributed by atoms with E-state index in [1.807, 2.05) is 0 Å². The van der Waals surface area contributed by atoms with Gasteiger partial charge < -0.3 is 4.57 Å². The molecular formula is C17H12F5NO. The molecule has 7 heteroatoms. The van der Waals surface area contributed by atoms with Crippen LogP contribution in [0.3, 0.4) is 0 Å². The second kappa shape index (κ2) is 5.58. The van der Waals surface area contributed by atoms with E-state index >= 15 is 0 Å². The van der Waals surface area contributed by atoms with Crippen molar-refractivity contribution >= 4 is 18.1 Å². The molecule has 0 unspecified atom stereocenters. The fourth-order valence-electron chi connectivity index (χ4n) is 2.72. The first-order chi connectivity index (χ1) is 11.2. The number of hydrogen-bond donors (Lipinski definition) is 0. The van der Waals surface area contributed by atoms with Gasteiger partial charge in [-0.05, 0) is 18.1 Å².